The fraction of sp³-hybridized carbons (Fsp3) is 0.350. The van der Waals surface area contributed by atoms with E-state index in [2.05, 4.69) is 4.90 Å². The molecule has 144 valence electrons. The molecule has 0 unspecified atom stereocenters. The predicted octanol–water partition coefficient (Wildman–Crippen LogP) is 2.74. The molecule has 0 atom stereocenters. The molecule has 0 N–H and O–H groups in total. The number of aryl methyl sites for hydroxylation is 2. The Hall–Kier alpha value is -2.54. The van der Waals surface area contributed by atoms with Gasteiger partial charge in [0.15, 0.2) is 0 Å². The van der Waals surface area contributed by atoms with E-state index >= 15 is 0 Å². The number of benzene rings is 2. The van der Waals surface area contributed by atoms with Gasteiger partial charge in [-0.05, 0) is 55.3 Å². The van der Waals surface area contributed by atoms with Crippen molar-refractivity contribution in [3.8, 4) is 5.75 Å². The van der Waals surface area contributed by atoms with Gasteiger partial charge in [0.2, 0.25) is 5.91 Å². The Balaban J connectivity index is 1.71. The van der Waals surface area contributed by atoms with E-state index in [1.54, 1.807) is 38.1 Å². The molecule has 1 saturated heterocycles. The van der Waals surface area contributed by atoms with Crippen LogP contribution in [0, 0.1) is 13.8 Å². The predicted molar refractivity (Wildman–Crippen MR) is 105 cm³/mol. The highest BCUT2D eigenvalue weighted by Crippen LogP contribution is 2.25. The van der Waals surface area contributed by atoms with E-state index in [1.165, 1.54) is 0 Å². The molecule has 2 aromatic carbocycles. The Bertz CT molecular complexity index is 931. The molecule has 0 spiro atoms. The monoisotopic (exact) mass is 388 g/mol. The van der Waals surface area contributed by atoms with Crippen LogP contribution in [0.15, 0.2) is 47.4 Å². The van der Waals surface area contributed by atoms with Crippen LogP contribution >= 0.6 is 0 Å². The third kappa shape index (κ3) is 4.42. The first-order valence-electron chi connectivity index (χ1n) is 8.88. The van der Waals surface area contributed by atoms with Gasteiger partial charge in [0.05, 0.1) is 0 Å². The van der Waals surface area contributed by atoms with Crippen LogP contribution in [-0.2, 0) is 14.9 Å². The van der Waals surface area contributed by atoms with Crippen LogP contribution in [0.1, 0.15) is 18.1 Å². The summed E-state index contributed by atoms with van der Waals surface area (Å²) in [4.78, 5) is 15.6. The third-order valence-electron chi connectivity index (χ3n) is 4.75. The molecule has 0 radical (unpaired) electrons. The van der Waals surface area contributed by atoms with Crippen molar-refractivity contribution in [2.45, 2.75) is 25.7 Å². The van der Waals surface area contributed by atoms with Crippen molar-refractivity contribution in [3.05, 3.63) is 53.6 Å². The summed E-state index contributed by atoms with van der Waals surface area (Å²) in [7, 11) is -3.88. The molecular formula is C20H24N2O4S. The molecule has 0 aromatic heterocycles. The zero-order valence-electron chi connectivity index (χ0n) is 15.8. The number of carbonyl (C=O) groups is 1. The van der Waals surface area contributed by atoms with E-state index in [9.17, 15) is 13.2 Å². The zero-order valence-corrected chi connectivity index (χ0v) is 16.6. The lowest BCUT2D eigenvalue weighted by molar-refractivity contribution is -0.129. The fourth-order valence-electron chi connectivity index (χ4n) is 3.14. The van der Waals surface area contributed by atoms with Crippen LogP contribution in [0.4, 0.5) is 5.69 Å². The van der Waals surface area contributed by atoms with Crippen LogP contribution in [0.5, 0.6) is 5.75 Å². The molecule has 27 heavy (non-hydrogen) atoms. The Morgan fingerprint density at radius 3 is 2.19 bits per heavy atom. The Labute approximate surface area is 160 Å². The number of piperazine rings is 1. The minimum Gasteiger partial charge on any atom is -0.379 e. The van der Waals surface area contributed by atoms with Gasteiger partial charge in [0.25, 0.3) is 0 Å². The minimum absolute atomic E-state index is 0.0926. The molecule has 0 aliphatic carbocycles. The van der Waals surface area contributed by atoms with Crippen LogP contribution in [0.25, 0.3) is 0 Å². The Kier molecular flexibility index (Phi) is 5.41. The highest BCUT2D eigenvalue weighted by atomic mass is 32.2. The second-order valence-electron chi connectivity index (χ2n) is 6.79. The molecular weight excluding hydrogens is 364 g/mol. The zero-order chi connectivity index (χ0) is 19.6. The maximum Gasteiger partial charge on any atom is 0.339 e. The number of amides is 1. The molecule has 6 nitrogen and oxygen atoms in total. The molecule has 3 rings (SSSR count). The number of hydrogen-bond acceptors (Lipinski definition) is 5. The smallest absolute Gasteiger partial charge is 0.339 e. The molecule has 1 aliphatic heterocycles. The summed E-state index contributed by atoms with van der Waals surface area (Å²) in [6, 6.07) is 12.3. The van der Waals surface area contributed by atoms with Crippen molar-refractivity contribution in [2.24, 2.45) is 0 Å². The molecule has 0 saturated carbocycles. The molecule has 7 heteroatoms. The average molecular weight is 388 g/mol. The van der Waals surface area contributed by atoms with Crippen LogP contribution < -0.4 is 9.08 Å². The van der Waals surface area contributed by atoms with Crippen molar-refractivity contribution >= 4 is 21.7 Å². The second kappa shape index (κ2) is 7.60. The van der Waals surface area contributed by atoms with Gasteiger partial charge in [-0.3, -0.25) is 4.79 Å². The first-order valence-corrected chi connectivity index (χ1v) is 10.3. The van der Waals surface area contributed by atoms with Gasteiger partial charge in [-0.1, -0.05) is 12.1 Å². The maximum atomic E-state index is 12.6. The topological polar surface area (TPSA) is 66.9 Å². The molecule has 2 aromatic rings. The normalized spacial score (nSPS) is 14.9. The van der Waals surface area contributed by atoms with Gasteiger partial charge < -0.3 is 14.0 Å². The molecule has 1 aliphatic rings. The Morgan fingerprint density at radius 2 is 1.59 bits per heavy atom. The molecule has 1 fully saturated rings. The van der Waals surface area contributed by atoms with E-state index < -0.39 is 10.1 Å². The van der Waals surface area contributed by atoms with E-state index in [4.69, 9.17) is 4.18 Å². The number of hydrogen-bond donors (Lipinski definition) is 0. The van der Waals surface area contributed by atoms with Crippen LogP contribution in [-0.4, -0.2) is 45.4 Å². The number of nitrogens with zero attached hydrogens (tertiary/aromatic N) is 2. The van der Waals surface area contributed by atoms with E-state index in [0.717, 1.165) is 24.3 Å². The molecule has 1 heterocycles. The standard InChI is InChI=1S/C20H24N2O4S/c1-15-4-5-16(2)20(14-15)27(24,25)26-19-8-6-18(7-9-19)22-12-10-21(11-13-22)17(3)23/h4-9,14H,10-13H2,1-3H3. The van der Waals surface area contributed by atoms with Crippen molar-refractivity contribution in [1.29, 1.82) is 0 Å². The van der Waals surface area contributed by atoms with Crippen molar-refractivity contribution in [3.63, 3.8) is 0 Å². The van der Waals surface area contributed by atoms with Gasteiger partial charge in [0.1, 0.15) is 10.6 Å². The van der Waals surface area contributed by atoms with Crippen LogP contribution in [0.2, 0.25) is 0 Å². The van der Waals surface area contributed by atoms with Gasteiger partial charge >= 0.3 is 10.1 Å². The summed E-state index contributed by atoms with van der Waals surface area (Å²) in [6.07, 6.45) is 0. The van der Waals surface area contributed by atoms with E-state index in [1.807, 2.05) is 30.0 Å². The first-order chi connectivity index (χ1) is 12.8. The van der Waals surface area contributed by atoms with Crippen molar-refractivity contribution in [2.75, 3.05) is 31.1 Å². The second-order valence-corrected chi connectivity index (χ2v) is 8.31. The fourth-order valence-corrected chi connectivity index (χ4v) is 4.39. The van der Waals surface area contributed by atoms with E-state index in [0.29, 0.717) is 18.7 Å². The molecule has 1 amide bonds. The number of rotatable bonds is 4. The summed E-state index contributed by atoms with van der Waals surface area (Å²) in [5.41, 5.74) is 2.50. The number of carbonyl (C=O) groups excluding carboxylic acids is 1. The molecule has 0 bridgehead atoms. The quantitative estimate of drug-likeness (QED) is 0.754. The van der Waals surface area contributed by atoms with Gasteiger partial charge in [-0.25, -0.2) is 0 Å². The van der Waals surface area contributed by atoms with Gasteiger partial charge in [-0.15, -0.1) is 0 Å². The third-order valence-corrected chi connectivity index (χ3v) is 6.14. The lowest BCUT2D eigenvalue weighted by Crippen LogP contribution is -2.48. The van der Waals surface area contributed by atoms with Crippen molar-refractivity contribution in [1.82, 2.24) is 4.90 Å². The lowest BCUT2D eigenvalue weighted by Gasteiger charge is -2.35. The summed E-state index contributed by atoms with van der Waals surface area (Å²) in [6.45, 7) is 8.06. The van der Waals surface area contributed by atoms with Gasteiger partial charge in [0, 0.05) is 38.8 Å². The SMILES string of the molecule is CC(=O)N1CCN(c2ccc(OS(=O)(=O)c3cc(C)ccc3C)cc2)CC1. The average Bonchev–Trinajstić information content (AvgIpc) is 2.64. The summed E-state index contributed by atoms with van der Waals surface area (Å²) < 4.78 is 30.5. The minimum atomic E-state index is -3.88. The summed E-state index contributed by atoms with van der Waals surface area (Å²) in [5.74, 6) is 0.372. The highest BCUT2D eigenvalue weighted by Gasteiger charge is 2.21. The largest absolute Gasteiger partial charge is 0.379 e. The van der Waals surface area contributed by atoms with E-state index in [-0.39, 0.29) is 16.6 Å². The first kappa shape index (κ1) is 19.2. The Morgan fingerprint density at radius 1 is 0.963 bits per heavy atom. The van der Waals surface area contributed by atoms with Gasteiger partial charge in [-0.2, -0.15) is 8.42 Å². The summed E-state index contributed by atoms with van der Waals surface area (Å²) in [5, 5.41) is 0. The van der Waals surface area contributed by atoms with Crippen LogP contribution in [0.3, 0.4) is 0 Å². The summed E-state index contributed by atoms with van der Waals surface area (Å²) >= 11 is 0. The highest BCUT2D eigenvalue weighted by molar-refractivity contribution is 7.87. The maximum absolute atomic E-state index is 12.6. The number of anilines is 1. The lowest BCUT2D eigenvalue weighted by atomic mass is 10.2. The van der Waals surface area contributed by atoms with Crippen molar-refractivity contribution < 1.29 is 17.4 Å².